The molecule has 1 N–H and O–H groups in total. The maximum absolute atomic E-state index is 15.5. The number of alkyl halides is 1. The Balaban J connectivity index is 1.78. The number of ketones is 1. The first-order chi connectivity index (χ1) is 12.7. The van der Waals surface area contributed by atoms with Crippen molar-refractivity contribution in [3.63, 3.8) is 0 Å². The number of amides is 1. The van der Waals surface area contributed by atoms with E-state index in [0.717, 1.165) is 4.90 Å². The Morgan fingerprint density at radius 1 is 1.26 bits per heavy atom. The van der Waals surface area contributed by atoms with Crippen LogP contribution in [0.4, 0.5) is 4.39 Å². The number of carbonyl (C=O) groups is 2. The molecular weight excluding hydrogens is 351 g/mol. The van der Waals surface area contributed by atoms with Gasteiger partial charge in [0.05, 0.1) is 6.54 Å². The van der Waals surface area contributed by atoms with Gasteiger partial charge in [-0.2, -0.15) is 0 Å². The van der Waals surface area contributed by atoms with Gasteiger partial charge in [0.15, 0.2) is 0 Å². The van der Waals surface area contributed by atoms with E-state index in [-0.39, 0.29) is 30.9 Å². The van der Waals surface area contributed by atoms with Gasteiger partial charge in [-0.1, -0.05) is 18.2 Å². The number of rotatable bonds is 5. The van der Waals surface area contributed by atoms with E-state index in [4.69, 9.17) is 4.42 Å². The SMILES string of the molecule is CC(C)(C)NCC(=O)N1CCCC1(F)C(=O)c1nnc(-c2ccccc2)o1. The van der Waals surface area contributed by atoms with Crippen LogP contribution in [0.15, 0.2) is 34.7 Å². The third-order valence-corrected chi connectivity index (χ3v) is 4.38. The van der Waals surface area contributed by atoms with Gasteiger partial charge in [-0.3, -0.25) is 9.59 Å². The van der Waals surface area contributed by atoms with E-state index >= 15 is 4.39 Å². The molecule has 1 aromatic heterocycles. The zero-order valence-corrected chi connectivity index (χ0v) is 15.7. The molecule has 0 aliphatic carbocycles. The maximum Gasteiger partial charge on any atom is 0.289 e. The maximum atomic E-state index is 15.5. The summed E-state index contributed by atoms with van der Waals surface area (Å²) in [6, 6.07) is 8.90. The fourth-order valence-corrected chi connectivity index (χ4v) is 2.95. The minimum atomic E-state index is -2.46. The Morgan fingerprint density at radius 2 is 1.96 bits per heavy atom. The third-order valence-electron chi connectivity index (χ3n) is 4.38. The van der Waals surface area contributed by atoms with E-state index in [9.17, 15) is 9.59 Å². The molecule has 1 fully saturated rings. The van der Waals surface area contributed by atoms with Crippen LogP contribution in [0.25, 0.3) is 11.5 Å². The summed E-state index contributed by atoms with van der Waals surface area (Å²) in [5.74, 6) is -4.20. The van der Waals surface area contributed by atoms with Crippen molar-refractivity contribution < 1.29 is 18.4 Å². The average Bonchev–Trinajstić information content (AvgIpc) is 3.27. The standard InChI is InChI=1S/C19H23FN4O3/c1-18(2,3)21-12-14(25)24-11-7-10-19(24,20)15(26)17-23-22-16(27-17)13-8-5-4-6-9-13/h4-6,8-9,21H,7,10-12H2,1-3H3. The number of hydrogen-bond donors (Lipinski definition) is 1. The van der Waals surface area contributed by atoms with Crippen molar-refractivity contribution >= 4 is 11.7 Å². The summed E-state index contributed by atoms with van der Waals surface area (Å²) in [7, 11) is 0. The van der Waals surface area contributed by atoms with Gasteiger partial charge in [-0.15, -0.1) is 10.2 Å². The van der Waals surface area contributed by atoms with Crippen molar-refractivity contribution in [2.45, 2.75) is 44.9 Å². The van der Waals surface area contributed by atoms with Crippen LogP contribution in [0, 0.1) is 0 Å². The van der Waals surface area contributed by atoms with Crippen LogP contribution in [-0.4, -0.2) is 51.2 Å². The molecule has 1 saturated heterocycles. The highest BCUT2D eigenvalue weighted by Crippen LogP contribution is 2.34. The van der Waals surface area contributed by atoms with Crippen molar-refractivity contribution in [2.24, 2.45) is 0 Å². The largest absolute Gasteiger partial charge is 0.413 e. The van der Waals surface area contributed by atoms with Crippen LogP contribution in [0.5, 0.6) is 0 Å². The molecule has 8 heteroatoms. The van der Waals surface area contributed by atoms with Gasteiger partial charge in [-0.25, -0.2) is 4.39 Å². The predicted molar refractivity (Wildman–Crippen MR) is 96.6 cm³/mol. The highest BCUT2D eigenvalue weighted by Gasteiger charge is 2.52. The molecule has 2 heterocycles. The van der Waals surface area contributed by atoms with Gasteiger partial charge < -0.3 is 14.6 Å². The summed E-state index contributed by atoms with van der Waals surface area (Å²) >= 11 is 0. The summed E-state index contributed by atoms with van der Waals surface area (Å²) in [6.07, 6.45) is 0.305. The molecule has 1 aliphatic heterocycles. The Labute approximate surface area is 156 Å². The lowest BCUT2D eigenvalue weighted by atomic mass is 10.1. The number of likely N-dealkylation sites (tertiary alicyclic amines) is 1. The fourth-order valence-electron chi connectivity index (χ4n) is 2.95. The molecular formula is C19H23FN4O3. The van der Waals surface area contributed by atoms with Crippen molar-refractivity contribution in [1.82, 2.24) is 20.4 Å². The zero-order chi connectivity index (χ0) is 19.7. The van der Waals surface area contributed by atoms with Gasteiger partial charge in [0.25, 0.3) is 17.5 Å². The molecule has 1 aromatic carbocycles. The summed E-state index contributed by atoms with van der Waals surface area (Å²) < 4.78 is 20.9. The lowest BCUT2D eigenvalue weighted by molar-refractivity contribution is -0.138. The Morgan fingerprint density at radius 3 is 2.63 bits per heavy atom. The second-order valence-electron chi connectivity index (χ2n) is 7.62. The van der Waals surface area contributed by atoms with Crippen LogP contribution in [0.1, 0.15) is 44.3 Å². The van der Waals surface area contributed by atoms with E-state index < -0.39 is 23.4 Å². The molecule has 1 atom stereocenters. The van der Waals surface area contributed by atoms with E-state index in [2.05, 4.69) is 15.5 Å². The lowest BCUT2D eigenvalue weighted by Gasteiger charge is -2.30. The summed E-state index contributed by atoms with van der Waals surface area (Å²) in [5, 5.41) is 10.6. The number of halogens is 1. The topological polar surface area (TPSA) is 88.3 Å². The van der Waals surface area contributed by atoms with Crippen molar-refractivity contribution in [3.8, 4) is 11.5 Å². The smallest absolute Gasteiger partial charge is 0.289 e. The molecule has 1 aliphatic rings. The molecule has 144 valence electrons. The van der Waals surface area contributed by atoms with E-state index in [0.29, 0.717) is 12.0 Å². The van der Waals surface area contributed by atoms with E-state index in [1.54, 1.807) is 24.3 Å². The van der Waals surface area contributed by atoms with Gasteiger partial charge in [0, 0.05) is 24.1 Å². The number of carbonyl (C=O) groups excluding carboxylic acids is 2. The summed E-state index contributed by atoms with van der Waals surface area (Å²) in [5.41, 5.74) is 0.334. The molecule has 2 aromatic rings. The molecule has 0 spiro atoms. The van der Waals surface area contributed by atoms with Crippen LogP contribution in [0.2, 0.25) is 0 Å². The van der Waals surface area contributed by atoms with Crippen LogP contribution < -0.4 is 5.32 Å². The molecule has 1 unspecified atom stereocenters. The monoisotopic (exact) mass is 374 g/mol. The average molecular weight is 374 g/mol. The van der Waals surface area contributed by atoms with Crippen LogP contribution in [-0.2, 0) is 4.79 Å². The van der Waals surface area contributed by atoms with Crippen LogP contribution in [0.3, 0.4) is 0 Å². The lowest BCUT2D eigenvalue weighted by Crippen LogP contribution is -2.53. The predicted octanol–water partition coefficient (Wildman–Crippen LogP) is 2.60. The molecule has 0 radical (unpaired) electrons. The number of nitrogens with zero attached hydrogens (tertiary/aromatic N) is 3. The minimum Gasteiger partial charge on any atom is -0.413 e. The highest BCUT2D eigenvalue weighted by molar-refractivity contribution is 6.01. The van der Waals surface area contributed by atoms with Gasteiger partial charge >= 0.3 is 0 Å². The molecule has 7 nitrogen and oxygen atoms in total. The first-order valence-corrected chi connectivity index (χ1v) is 8.89. The Bertz CT molecular complexity index is 831. The Kier molecular flexibility index (Phi) is 5.10. The van der Waals surface area contributed by atoms with Gasteiger partial charge in [-0.05, 0) is 39.3 Å². The highest BCUT2D eigenvalue weighted by atomic mass is 19.1. The van der Waals surface area contributed by atoms with E-state index in [1.807, 2.05) is 26.8 Å². The fraction of sp³-hybridized carbons (Fsp3) is 0.474. The first-order valence-electron chi connectivity index (χ1n) is 8.89. The van der Waals surface area contributed by atoms with Gasteiger partial charge in [0.2, 0.25) is 11.8 Å². The van der Waals surface area contributed by atoms with Crippen molar-refractivity contribution in [2.75, 3.05) is 13.1 Å². The molecule has 1 amide bonds. The minimum absolute atomic E-state index is 0.0540. The second-order valence-corrected chi connectivity index (χ2v) is 7.62. The van der Waals surface area contributed by atoms with Gasteiger partial charge in [0.1, 0.15) is 0 Å². The quantitative estimate of drug-likeness (QED) is 0.639. The molecule has 27 heavy (non-hydrogen) atoms. The molecule has 0 saturated carbocycles. The number of hydrogen-bond acceptors (Lipinski definition) is 6. The Hall–Kier alpha value is -2.61. The normalized spacial score (nSPS) is 20.1. The first kappa shape index (κ1) is 19.2. The van der Waals surface area contributed by atoms with Crippen molar-refractivity contribution in [3.05, 3.63) is 36.2 Å². The summed E-state index contributed by atoms with van der Waals surface area (Å²) in [4.78, 5) is 26.2. The number of aromatic nitrogens is 2. The second kappa shape index (κ2) is 7.19. The zero-order valence-electron chi connectivity index (χ0n) is 15.7. The number of nitrogens with one attached hydrogen (secondary N) is 1. The number of Topliss-reactive ketones (excluding diaryl/α,β-unsaturated/α-hetero) is 1. The summed E-state index contributed by atoms with van der Waals surface area (Å²) in [6.45, 7) is 5.83. The number of benzene rings is 1. The van der Waals surface area contributed by atoms with E-state index in [1.165, 1.54) is 0 Å². The van der Waals surface area contributed by atoms with Crippen LogP contribution >= 0.6 is 0 Å². The molecule has 0 bridgehead atoms. The van der Waals surface area contributed by atoms with Crippen molar-refractivity contribution in [1.29, 1.82) is 0 Å². The third kappa shape index (κ3) is 4.05. The molecule has 3 rings (SSSR count).